The number of rotatable bonds is 6. The van der Waals surface area contributed by atoms with Gasteiger partial charge in [0.25, 0.3) is 0 Å². The third-order valence-corrected chi connectivity index (χ3v) is 3.74. The van der Waals surface area contributed by atoms with Crippen molar-refractivity contribution in [3.63, 3.8) is 0 Å². The summed E-state index contributed by atoms with van der Waals surface area (Å²) in [5.41, 5.74) is 3.23. The molecule has 0 fully saturated rings. The van der Waals surface area contributed by atoms with Crippen LogP contribution < -0.4 is 4.74 Å². The summed E-state index contributed by atoms with van der Waals surface area (Å²) < 4.78 is 7.78. The van der Waals surface area contributed by atoms with Gasteiger partial charge in [0.15, 0.2) is 5.82 Å². The first-order chi connectivity index (χ1) is 11.6. The van der Waals surface area contributed by atoms with Gasteiger partial charge in [0.1, 0.15) is 12.4 Å². The van der Waals surface area contributed by atoms with Crippen molar-refractivity contribution >= 4 is 0 Å². The molecule has 0 atom stereocenters. The molecule has 0 radical (unpaired) electrons. The lowest BCUT2D eigenvalue weighted by Crippen LogP contribution is -2.08. The van der Waals surface area contributed by atoms with Crippen molar-refractivity contribution in [3.05, 3.63) is 59.7 Å². The van der Waals surface area contributed by atoms with Crippen molar-refractivity contribution in [2.75, 3.05) is 0 Å². The maximum atomic E-state index is 5.93. The van der Waals surface area contributed by atoms with Crippen LogP contribution in [0, 0.1) is 12.8 Å². The Morgan fingerprint density at radius 2 is 1.88 bits per heavy atom. The van der Waals surface area contributed by atoms with Gasteiger partial charge in [-0.15, -0.1) is 5.10 Å². The van der Waals surface area contributed by atoms with Gasteiger partial charge in [-0.1, -0.05) is 44.2 Å². The molecule has 0 aliphatic carbocycles. The molecule has 124 valence electrons. The normalized spacial score (nSPS) is 11.0. The van der Waals surface area contributed by atoms with E-state index in [0.717, 1.165) is 34.8 Å². The van der Waals surface area contributed by atoms with E-state index < -0.39 is 0 Å². The molecule has 0 aliphatic rings. The average Bonchev–Trinajstić information content (AvgIpc) is 3.02. The van der Waals surface area contributed by atoms with Crippen molar-refractivity contribution < 1.29 is 4.74 Å². The summed E-state index contributed by atoms with van der Waals surface area (Å²) in [5.74, 6) is 2.16. The highest BCUT2D eigenvalue weighted by atomic mass is 16.5. The summed E-state index contributed by atoms with van der Waals surface area (Å²) in [5, 5.41) is 12.1. The molecule has 5 nitrogen and oxygen atoms in total. The SMILES string of the molecule is Cc1cc(-c2nnnn2CC(C)C)ccc1OCc1ccccc1. The molecule has 1 heterocycles. The monoisotopic (exact) mass is 322 g/mol. The molecule has 5 heteroatoms. The van der Waals surface area contributed by atoms with E-state index in [2.05, 4.69) is 47.6 Å². The lowest BCUT2D eigenvalue weighted by Gasteiger charge is -2.11. The van der Waals surface area contributed by atoms with Crippen molar-refractivity contribution in [3.8, 4) is 17.1 Å². The van der Waals surface area contributed by atoms with Crippen LogP contribution in [-0.4, -0.2) is 20.2 Å². The van der Waals surface area contributed by atoms with Gasteiger partial charge < -0.3 is 4.74 Å². The molecule has 0 saturated carbocycles. The van der Waals surface area contributed by atoms with Crippen LogP contribution in [0.4, 0.5) is 0 Å². The minimum atomic E-state index is 0.488. The first-order valence-corrected chi connectivity index (χ1v) is 8.17. The molecule has 0 spiro atoms. The number of hydrogen-bond donors (Lipinski definition) is 0. The van der Waals surface area contributed by atoms with Gasteiger partial charge in [0.05, 0.1) is 0 Å². The third-order valence-electron chi connectivity index (χ3n) is 3.74. The highest BCUT2D eigenvalue weighted by Gasteiger charge is 2.12. The number of tetrazole rings is 1. The van der Waals surface area contributed by atoms with Crippen LogP contribution in [0.1, 0.15) is 25.0 Å². The lowest BCUT2D eigenvalue weighted by atomic mass is 10.1. The topological polar surface area (TPSA) is 52.8 Å². The van der Waals surface area contributed by atoms with E-state index >= 15 is 0 Å². The molecule has 24 heavy (non-hydrogen) atoms. The summed E-state index contributed by atoms with van der Waals surface area (Å²) in [6.45, 7) is 7.70. The molecular formula is C19H22N4O. The zero-order valence-corrected chi connectivity index (χ0v) is 14.3. The van der Waals surface area contributed by atoms with Crippen molar-refractivity contribution in [1.82, 2.24) is 20.2 Å². The molecule has 3 aromatic rings. The molecular weight excluding hydrogens is 300 g/mol. The fraction of sp³-hybridized carbons (Fsp3) is 0.316. The maximum Gasteiger partial charge on any atom is 0.182 e. The standard InChI is InChI=1S/C19H22N4O/c1-14(2)12-23-19(20-21-22-23)17-9-10-18(15(3)11-17)24-13-16-7-5-4-6-8-16/h4-11,14H,12-13H2,1-3H3. The average molecular weight is 322 g/mol. The van der Waals surface area contributed by atoms with Crippen LogP contribution in [-0.2, 0) is 13.2 Å². The Bertz CT molecular complexity index is 796. The summed E-state index contributed by atoms with van der Waals surface area (Å²) >= 11 is 0. The minimum Gasteiger partial charge on any atom is -0.489 e. The molecule has 0 bridgehead atoms. The van der Waals surface area contributed by atoms with E-state index in [-0.39, 0.29) is 0 Å². The van der Waals surface area contributed by atoms with Crippen molar-refractivity contribution in [2.45, 2.75) is 33.9 Å². The number of aryl methyl sites for hydroxylation is 1. The predicted molar refractivity (Wildman–Crippen MR) is 93.6 cm³/mol. The van der Waals surface area contributed by atoms with Crippen LogP contribution in [0.5, 0.6) is 5.75 Å². The summed E-state index contributed by atoms with van der Waals surface area (Å²) in [6, 6.07) is 16.2. The second-order valence-corrected chi connectivity index (χ2v) is 6.33. The molecule has 3 rings (SSSR count). The van der Waals surface area contributed by atoms with E-state index in [9.17, 15) is 0 Å². The fourth-order valence-electron chi connectivity index (χ4n) is 2.57. The quantitative estimate of drug-likeness (QED) is 0.691. The Labute approximate surface area is 142 Å². The molecule has 0 unspecified atom stereocenters. The molecule has 0 aliphatic heterocycles. The Balaban J connectivity index is 1.76. The fourth-order valence-corrected chi connectivity index (χ4v) is 2.57. The van der Waals surface area contributed by atoms with Crippen LogP contribution in [0.2, 0.25) is 0 Å². The number of nitrogens with zero attached hydrogens (tertiary/aromatic N) is 4. The predicted octanol–water partition coefficient (Wildman–Crippen LogP) is 3.88. The van der Waals surface area contributed by atoms with Gasteiger partial charge in [0, 0.05) is 12.1 Å². The first kappa shape index (κ1) is 16.2. The van der Waals surface area contributed by atoms with E-state index in [1.165, 1.54) is 0 Å². The van der Waals surface area contributed by atoms with Gasteiger partial charge >= 0.3 is 0 Å². The molecule has 1 aromatic heterocycles. The van der Waals surface area contributed by atoms with Crippen LogP contribution in [0.25, 0.3) is 11.4 Å². The Morgan fingerprint density at radius 1 is 1.08 bits per heavy atom. The van der Waals surface area contributed by atoms with Gasteiger partial charge in [-0.25, -0.2) is 4.68 Å². The summed E-state index contributed by atoms with van der Waals surface area (Å²) in [4.78, 5) is 0. The van der Waals surface area contributed by atoms with Gasteiger partial charge in [-0.05, 0) is 52.6 Å². The molecule has 0 N–H and O–H groups in total. The maximum absolute atomic E-state index is 5.93. The lowest BCUT2D eigenvalue weighted by molar-refractivity contribution is 0.304. The number of ether oxygens (including phenoxy) is 1. The number of aromatic nitrogens is 4. The van der Waals surface area contributed by atoms with Crippen LogP contribution >= 0.6 is 0 Å². The number of benzene rings is 2. The zero-order chi connectivity index (χ0) is 16.9. The van der Waals surface area contributed by atoms with E-state index in [1.807, 2.05) is 41.9 Å². The van der Waals surface area contributed by atoms with Gasteiger partial charge in [0.2, 0.25) is 0 Å². The van der Waals surface area contributed by atoms with Crippen molar-refractivity contribution in [1.29, 1.82) is 0 Å². The number of hydrogen-bond acceptors (Lipinski definition) is 4. The zero-order valence-electron chi connectivity index (χ0n) is 14.3. The van der Waals surface area contributed by atoms with Crippen molar-refractivity contribution in [2.24, 2.45) is 5.92 Å². The summed E-state index contributed by atoms with van der Waals surface area (Å²) in [6.07, 6.45) is 0. The Morgan fingerprint density at radius 3 is 2.58 bits per heavy atom. The molecule has 2 aromatic carbocycles. The first-order valence-electron chi connectivity index (χ1n) is 8.17. The van der Waals surface area contributed by atoms with Crippen LogP contribution in [0.15, 0.2) is 48.5 Å². The largest absolute Gasteiger partial charge is 0.489 e. The smallest absolute Gasteiger partial charge is 0.182 e. The molecule has 0 amide bonds. The van der Waals surface area contributed by atoms with Crippen LogP contribution in [0.3, 0.4) is 0 Å². The minimum absolute atomic E-state index is 0.488. The third kappa shape index (κ3) is 3.79. The van der Waals surface area contributed by atoms with E-state index in [4.69, 9.17) is 4.74 Å². The summed E-state index contributed by atoms with van der Waals surface area (Å²) in [7, 11) is 0. The Kier molecular flexibility index (Phi) is 4.89. The highest BCUT2D eigenvalue weighted by Crippen LogP contribution is 2.25. The van der Waals surface area contributed by atoms with E-state index in [1.54, 1.807) is 0 Å². The Hall–Kier alpha value is -2.69. The van der Waals surface area contributed by atoms with Gasteiger partial charge in [-0.2, -0.15) is 0 Å². The highest BCUT2D eigenvalue weighted by molar-refractivity contribution is 5.58. The second kappa shape index (κ2) is 7.25. The van der Waals surface area contributed by atoms with E-state index in [0.29, 0.717) is 12.5 Å². The van der Waals surface area contributed by atoms with Gasteiger partial charge in [-0.3, -0.25) is 0 Å². The molecule has 0 saturated heterocycles. The second-order valence-electron chi connectivity index (χ2n) is 6.33.